The molecule has 0 aliphatic rings. The van der Waals surface area contributed by atoms with Crippen molar-refractivity contribution in [3.63, 3.8) is 0 Å². The molecule has 0 fully saturated rings. The van der Waals surface area contributed by atoms with Gasteiger partial charge in [-0.05, 0) is 31.5 Å². The van der Waals surface area contributed by atoms with Crippen molar-refractivity contribution in [2.45, 2.75) is 52.4 Å². The van der Waals surface area contributed by atoms with Crippen molar-refractivity contribution < 1.29 is 9.53 Å². The fourth-order valence-corrected chi connectivity index (χ4v) is 2.22. The van der Waals surface area contributed by atoms with Crippen LogP contribution in [-0.4, -0.2) is 19.1 Å². The fourth-order valence-electron chi connectivity index (χ4n) is 2.22. The molecule has 0 amide bonds. The number of hydrogen-bond donors (Lipinski definition) is 2. The Kier molecular flexibility index (Phi) is 8.32. The highest BCUT2D eigenvalue weighted by Gasteiger charge is 2.12. The minimum Gasteiger partial charge on any atom is -0.462 e. The third kappa shape index (κ3) is 6.52. The zero-order valence-corrected chi connectivity index (χ0v) is 13.3. The van der Waals surface area contributed by atoms with Gasteiger partial charge in [0.05, 0.1) is 12.2 Å². The minimum absolute atomic E-state index is 0.324. The number of nitrogens with one attached hydrogen (secondary N) is 1. The molecule has 4 nitrogen and oxygen atoms in total. The molecule has 0 aromatic heterocycles. The summed E-state index contributed by atoms with van der Waals surface area (Å²) >= 11 is 0. The smallest absolute Gasteiger partial charge is 0.340 e. The van der Waals surface area contributed by atoms with Gasteiger partial charge < -0.3 is 15.8 Å². The predicted octanol–water partition coefficient (Wildman–Crippen LogP) is 4.22. The molecular formula is C17H28N2O2. The van der Waals surface area contributed by atoms with Crippen LogP contribution >= 0.6 is 0 Å². The maximum Gasteiger partial charge on any atom is 0.340 e. The van der Waals surface area contributed by atoms with E-state index in [1.54, 1.807) is 19.1 Å². The van der Waals surface area contributed by atoms with E-state index in [4.69, 9.17) is 10.5 Å². The molecule has 118 valence electrons. The number of ether oxygens (including phenoxy) is 1. The molecular weight excluding hydrogens is 264 g/mol. The Morgan fingerprint density at radius 2 is 1.86 bits per heavy atom. The van der Waals surface area contributed by atoms with E-state index >= 15 is 0 Å². The van der Waals surface area contributed by atoms with Crippen LogP contribution in [0.3, 0.4) is 0 Å². The number of nitrogen functional groups attached to an aromatic ring is 1. The second kappa shape index (κ2) is 10.1. The van der Waals surface area contributed by atoms with Crippen LogP contribution in [0.15, 0.2) is 18.2 Å². The lowest BCUT2D eigenvalue weighted by Gasteiger charge is -2.12. The molecule has 3 N–H and O–H groups in total. The maximum atomic E-state index is 11.9. The van der Waals surface area contributed by atoms with Crippen LogP contribution in [0, 0.1) is 0 Å². The van der Waals surface area contributed by atoms with Gasteiger partial charge in [-0.25, -0.2) is 4.79 Å². The lowest BCUT2D eigenvalue weighted by molar-refractivity contribution is 0.0527. The van der Waals surface area contributed by atoms with Crippen molar-refractivity contribution in [1.29, 1.82) is 0 Å². The molecule has 0 saturated heterocycles. The van der Waals surface area contributed by atoms with Crippen molar-refractivity contribution in [2.75, 3.05) is 24.2 Å². The number of carbonyl (C=O) groups excluding carboxylic acids is 1. The summed E-state index contributed by atoms with van der Waals surface area (Å²) in [6.45, 7) is 5.25. The van der Waals surface area contributed by atoms with Crippen molar-refractivity contribution in [3.8, 4) is 0 Å². The number of benzene rings is 1. The van der Waals surface area contributed by atoms with Gasteiger partial charge in [0.15, 0.2) is 0 Å². The zero-order valence-electron chi connectivity index (χ0n) is 13.3. The van der Waals surface area contributed by atoms with Crippen LogP contribution in [-0.2, 0) is 4.74 Å². The lowest BCUT2D eigenvalue weighted by atomic mass is 10.1. The van der Waals surface area contributed by atoms with Crippen LogP contribution < -0.4 is 11.1 Å². The molecule has 4 heteroatoms. The van der Waals surface area contributed by atoms with E-state index in [1.807, 2.05) is 6.07 Å². The van der Waals surface area contributed by atoms with Crippen molar-refractivity contribution in [3.05, 3.63) is 23.8 Å². The summed E-state index contributed by atoms with van der Waals surface area (Å²) in [4.78, 5) is 11.9. The Balaban J connectivity index is 2.45. The van der Waals surface area contributed by atoms with Gasteiger partial charge in [0.1, 0.15) is 0 Å². The molecule has 1 rings (SSSR count). The van der Waals surface area contributed by atoms with Crippen LogP contribution in [0.1, 0.15) is 62.7 Å². The molecule has 0 atom stereocenters. The number of anilines is 2. The van der Waals surface area contributed by atoms with E-state index in [2.05, 4.69) is 12.2 Å². The zero-order chi connectivity index (χ0) is 15.5. The predicted molar refractivity (Wildman–Crippen MR) is 88.7 cm³/mol. The van der Waals surface area contributed by atoms with E-state index in [9.17, 15) is 4.79 Å². The third-order valence-corrected chi connectivity index (χ3v) is 3.38. The van der Waals surface area contributed by atoms with Gasteiger partial charge >= 0.3 is 5.97 Å². The monoisotopic (exact) mass is 292 g/mol. The molecule has 0 heterocycles. The van der Waals surface area contributed by atoms with Gasteiger partial charge in [0.25, 0.3) is 0 Å². The standard InChI is InChI=1S/C17H28N2O2/c1-3-5-6-7-8-9-12-19-16-11-10-14(18)13-15(16)17(20)21-4-2/h10-11,13,19H,3-9,12,18H2,1-2H3. The Labute approximate surface area is 128 Å². The maximum absolute atomic E-state index is 11.9. The third-order valence-electron chi connectivity index (χ3n) is 3.38. The largest absolute Gasteiger partial charge is 0.462 e. The summed E-state index contributed by atoms with van der Waals surface area (Å²) in [6.07, 6.45) is 7.51. The van der Waals surface area contributed by atoms with Gasteiger partial charge in [-0.1, -0.05) is 39.0 Å². The second-order valence-corrected chi connectivity index (χ2v) is 5.22. The summed E-state index contributed by atoms with van der Waals surface area (Å²) in [5.41, 5.74) is 7.64. The van der Waals surface area contributed by atoms with E-state index in [1.165, 1.54) is 32.1 Å². The number of hydrogen-bond acceptors (Lipinski definition) is 4. The van der Waals surface area contributed by atoms with Gasteiger partial charge in [-0.3, -0.25) is 0 Å². The average Bonchev–Trinajstić information content (AvgIpc) is 2.47. The first kappa shape index (κ1) is 17.3. The summed E-state index contributed by atoms with van der Waals surface area (Å²) in [6, 6.07) is 5.31. The molecule has 1 aromatic carbocycles. The minimum atomic E-state index is -0.324. The summed E-state index contributed by atoms with van der Waals surface area (Å²) in [7, 11) is 0. The van der Waals surface area contributed by atoms with Gasteiger partial charge in [0.2, 0.25) is 0 Å². The molecule has 21 heavy (non-hydrogen) atoms. The van der Waals surface area contributed by atoms with Crippen LogP contribution in [0.4, 0.5) is 11.4 Å². The van der Waals surface area contributed by atoms with Gasteiger partial charge in [-0.15, -0.1) is 0 Å². The molecule has 1 aromatic rings. The van der Waals surface area contributed by atoms with Crippen molar-refractivity contribution in [2.24, 2.45) is 0 Å². The summed E-state index contributed by atoms with van der Waals surface area (Å²) in [5, 5.41) is 3.31. The van der Waals surface area contributed by atoms with E-state index < -0.39 is 0 Å². The number of unbranched alkanes of at least 4 members (excludes halogenated alkanes) is 5. The molecule has 0 unspecified atom stereocenters. The molecule has 0 radical (unpaired) electrons. The first-order chi connectivity index (χ1) is 10.2. The van der Waals surface area contributed by atoms with E-state index in [-0.39, 0.29) is 5.97 Å². The topological polar surface area (TPSA) is 64.3 Å². The first-order valence-corrected chi connectivity index (χ1v) is 7.99. The second-order valence-electron chi connectivity index (χ2n) is 5.22. The Hall–Kier alpha value is -1.71. The Morgan fingerprint density at radius 3 is 2.57 bits per heavy atom. The highest BCUT2D eigenvalue weighted by atomic mass is 16.5. The summed E-state index contributed by atoms with van der Waals surface area (Å²) in [5.74, 6) is -0.324. The molecule has 0 saturated carbocycles. The molecule has 0 aliphatic carbocycles. The van der Waals surface area contributed by atoms with Crippen molar-refractivity contribution in [1.82, 2.24) is 0 Å². The Bertz CT molecular complexity index is 433. The molecule has 0 spiro atoms. The number of carbonyl (C=O) groups is 1. The lowest BCUT2D eigenvalue weighted by Crippen LogP contribution is -2.11. The number of nitrogens with two attached hydrogens (primary N) is 1. The normalized spacial score (nSPS) is 10.4. The van der Waals surface area contributed by atoms with E-state index in [0.29, 0.717) is 17.9 Å². The average molecular weight is 292 g/mol. The van der Waals surface area contributed by atoms with Crippen LogP contribution in [0.2, 0.25) is 0 Å². The number of esters is 1. The van der Waals surface area contributed by atoms with E-state index in [0.717, 1.165) is 18.7 Å². The fraction of sp³-hybridized carbons (Fsp3) is 0.588. The molecule has 0 bridgehead atoms. The van der Waals surface area contributed by atoms with Crippen LogP contribution in [0.25, 0.3) is 0 Å². The highest BCUT2D eigenvalue weighted by molar-refractivity contribution is 5.96. The van der Waals surface area contributed by atoms with Crippen LogP contribution in [0.5, 0.6) is 0 Å². The van der Waals surface area contributed by atoms with Gasteiger partial charge in [0, 0.05) is 17.9 Å². The first-order valence-electron chi connectivity index (χ1n) is 7.99. The van der Waals surface area contributed by atoms with Gasteiger partial charge in [-0.2, -0.15) is 0 Å². The molecule has 0 aliphatic heterocycles. The quantitative estimate of drug-likeness (QED) is 0.385. The SMILES string of the molecule is CCCCCCCCNc1ccc(N)cc1C(=O)OCC. The highest BCUT2D eigenvalue weighted by Crippen LogP contribution is 2.20. The number of rotatable bonds is 10. The Morgan fingerprint density at radius 1 is 1.14 bits per heavy atom. The summed E-state index contributed by atoms with van der Waals surface area (Å²) < 4.78 is 5.06. The van der Waals surface area contributed by atoms with Crippen molar-refractivity contribution >= 4 is 17.3 Å².